The molecule has 0 bridgehead atoms. The van der Waals surface area contributed by atoms with E-state index < -0.39 is 5.91 Å². The van der Waals surface area contributed by atoms with Crippen molar-refractivity contribution in [1.82, 2.24) is 15.3 Å². The van der Waals surface area contributed by atoms with E-state index in [1.165, 1.54) is 11.8 Å². The van der Waals surface area contributed by atoms with Crippen LogP contribution >= 0.6 is 11.8 Å². The van der Waals surface area contributed by atoms with Crippen LogP contribution in [0.15, 0.2) is 47.9 Å². The third-order valence-electron chi connectivity index (χ3n) is 3.14. The fraction of sp³-hybridized carbons (Fsp3) is 0.294. The zero-order valence-electron chi connectivity index (χ0n) is 13.4. The average Bonchev–Trinajstić information content (AvgIpc) is 2.53. The highest BCUT2D eigenvalue weighted by molar-refractivity contribution is 7.99. The number of aromatic nitrogens is 2. The molecule has 0 aliphatic carbocycles. The van der Waals surface area contributed by atoms with Crippen LogP contribution in [0, 0.1) is 0 Å². The van der Waals surface area contributed by atoms with Crippen molar-refractivity contribution in [3.05, 3.63) is 53.9 Å². The maximum Gasteiger partial charge on any atom is 0.257 e. The molecule has 5 nitrogen and oxygen atoms in total. The van der Waals surface area contributed by atoms with Gasteiger partial charge in [0.25, 0.3) is 5.91 Å². The number of amides is 2. The number of hydrogen-bond donors (Lipinski definition) is 1. The van der Waals surface area contributed by atoms with Crippen LogP contribution in [0.25, 0.3) is 0 Å². The summed E-state index contributed by atoms with van der Waals surface area (Å²) >= 11 is 1.19. The van der Waals surface area contributed by atoms with E-state index in [4.69, 9.17) is 0 Å². The minimum Gasteiger partial charge on any atom is -0.292 e. The number of hydrogen-bond acceptors (Lipinski definition) is 5. The van der Waals surface area contributed by atoms with Gasteiger partial charge in [0.2, 0.25) is 5.91 Å². The van der Waals surface area contributed by atoms with Crippen LogP contribution in [0.1, 0.15) is 36.7 Å². The Kier molecular flexibility index (Phi) is 5.50. The Balaban J connectivity index is 1.89. The zero-order valence-corrected chi connectivity index (χ0v) is 14.2. The fourth-order valence-corrected chi connectivity index (χ4v) is 2.45. The maximum atomic E-state index is 12.1. The van der Waals surface area contributed by atoms with Gasteiger partial charge in [0, 0.05) is 18.0 Å². The first-order valence-corrected chi connectivity index (χ1v) is 8.19. The molecule has 1 aromatic carbocycles. The maximum absolute atomic E-state index is 12.1. The average molecular weight is 329 g/mol. The van der Waals surface area contributed by atoms with Gasteiger partial charge in [-0.2, -0.15) is 0 Å². The Morgan fingerprint density at radius 1 is 1.09 bits per heavy atom. The molecule has 0 unspecified atom stereocenters. The number of carbonyl (C=O) groups is 2. The van der Waals surface area contributed by atoms with E-state index in [1.807, 2.05) is 12.1 Å². The second-order valence-corrected chi connectivity index (χ2v) is 6.97. The summed E-state index contributed by atoms with van der Waals surface area (Å²) in [5, 5.41) is 2.87. The molecule has 0 radical (unpaired) electrons. The molecule has 2 aromatic rings. The normalized spacial score (nSPS) is 11.1. The van der Waals surface area contributed by atoms with Gasteiger partial charge in [0.05, 0.1) is 5.75 Å². The van der Waals surface area contributed by atoms with Crippen molar-refractivity contribution in [3.8, 4) is 0 Å². The van der Waals surface area contributed by atoms with Crippen molar-refractivity contribution in [1.29, 1.82) is 0 Å². The van der Waals surface area contributed by atoms with Crippen molar-refractivity contribution >= 4 is 23.6 Å². The molecule has 0 fully saturated rings. The van der Waals surface area contributed by atoms with Gasteiger partial charge < -0.3 is 0 Å². The Bertz CT molecular complexity index is 679. The molecule has 2 amide bonds. The molecule has 1 aromatic heterocycles. The topological polar surface area (TPSA) is 72.0 Å². The lowest BCUT2D eigenvalue weighted by Crippen LogP contribution is -2.31. The van der Waals surface area contributed by atoms with Crippen LogP contribution in [0.5, 0.6) is 0 Å². The Morgan fingerprint density at radius 3 is 2.26 bits per heavy atom. The minimum absolute atomic E-state index is 0.0249. The van der Waals surface area contributed by atoms with Gasteiger partial charge in [0.15, 0.2) is 5.16 Å². The van der Waals surface area contributed by atoms with E-state index in [-0.39, 0.29) is 17.1 Å². The lowest BCUT2D eigenvalue weighted by molar-refractivity contribution is -0.117. The van der Waals surface area contributed by atoms with E-state index >= 15 is 0 Å². The monoisotopic (exact) mass is 329 g/mol. The summed E-state index contributed by atoms with van der Waals surface area (Å²) in [6.07, 6.45) is 3.21. The number of carbonyl (C=O) groups excluding carboxylic acids is 2. The summed E-state index contributed by atoms with van der Waals surface area (Å²) < 4.78 is 0. The summed E-state index contributed by atoms with van der Waals surface area (Å²) in [5.41, 5.74) is 1.63. The summed E-state index contributed by atoms with van der Waals surface area (Å²) in [6.45, 7) is 6.32. The van der Waals surface area contributed by atoms with E-state index in [0.717, 1.165) is 5.56 Å². The predicted molar refractivity (Wildman–Crippen MR) is 90.4 cm³/mol. The molecule has 0 saturated heterocycles. The Labute approximate surface area is 139 Å². The van der Waals surface area contributed by atoms with Crippen molar-refractivity contribution in [2.45, 2.75) is 31.3 Å². The highest BCUT2D eigenvalue weighted by Crippen LogP contribution is 2.22. The SMILES string of the molecule is CC(C)(C)c1ccc(C(=O)NC(=O)CSc2ncccn2)cc1. The molecule has 23 heavy (non-hydrogen) atoms. The van der Waals surface area contributed by atoms with E-state index in [1.54, 1.807) is 30.6 Å². The molecule has 0 spiro atoms. The largest absolute Gasteiger partial charge is 0.292 e. The molecule has 0 aliphatic heterocycles. The van der Waals surface area contributed by atoms with Crippen LogP contribution in [-0.2, 0) is 10.2 Å². The van der Waals surface area contributed by atoms with Crippen molar-refractivity contribution in [3.63, 3.8) is 0 Å². The smallest absolute Gasteiger partial charge is 0.257 e. The van der Waals surface area contributed by atoms with E-state index in [0.29, 0.717) is 10.7 Å². The number of thioether (sulfide) groups is 1. The van der Waals surface area contributed by atoms with Crippen LogP contribution in [0.2, 0.25) is 0 Å². The van der Waals surface area contributed by atoms with Crippen LogP contribution < -0.4 is 5.32 Å². The number of nitrogens with one attached hydrogen (secondary N) is 1. The van der Waals surface area contributed by atoms with Crippen LogP contribution in [0.3, 0.4) is 0 Å². The standard InChI is InChI=1S/C17H19N3O2S/c1-17(2,3)13-7-5-12(6-8-13)15(22)20-14(21)11-23-16-18-9-4-10-19-16/h4-10H,11H2,1-3H3,(H,20,21,22). The summed E-state index contributed by atoms with van der Waals surface area (Å²) in [6, 6.07) is 8.99. The third-order valence-corrected chi connectivity index (χ3v) is 4.02. The molecule has 6 heteroatoms. The molecule has 1 heterocycles. The molecule has 0 aliphatic rings. The summed E-state index contributed by atoms with van der Waals surface area (Å²) in [7, 11) is 0. The number of rotatable bonds is 4. The molecular weight excluding hydrogens is 310 g/mol. The Hall–Kier alpha value is -2.21. The van der Waals surface area contributed by atoms with Crippen molar-refractivity contribution in [2.75, 3.05) is 5.75 Å². The third kappa shape index (κ3) is 5.17. The summed E-state index contributed by atoms with van der Waals surface area (Å²) in [4.78, 5) is 31.9. The quantitative estimate of drug-likeness (QED) is 0.690. The Morgan fingerprint density at radius 2 is 1.70 bits per heavy atom. The van der Waals surface area contributed by atoms with Gasteiger partial charge in [0.1, 0.15) is 0 Å². The minimum atomic E-state index is -0.398. The first-order chi connectivity index (χ1) is 10.9. The molecule has 0 saturated carbocycles. The van der Waals surface area contributed by atoms with Gasteiger partial charge in [-0.25, -0.2) is 9.97 Å². The lowest BCUT2D eigenvalue weighted by atomic mass is 9.87. The van der Waals surface area contributed by atoms with Gasteiger partial charge in [-0.05, 0) is 29.2 Å². The molecule has 1 N–H and O–H groups in total. The number of nitrogens with zero attached hydrogens (tertiary/aromatic N) is 2. The van der Waals surface area contributed by atoms with Gasteiger partial charge in [-0.1, -0.05) is 44.7 Å². The van der Waals surface area contributed by atoms with Crippen LogP contribution in [0.4, 0.5) is 0 Å². The van der Waals surface area contributed by atoms with Crippen molar-refractivity contribution < 1.29 is 9.59 Å². The first kappa shape index (κ1) is 17.1. The van der Waals surface area contributed by atoms with Gasteiger partial charge in [-0.15, -0.1) is 0 Å². The summed E-state index contributed by atoms with van der Waals surface area (Å²) in [5.74, 6) is -0.673. The lowest BCUT2D eigenvalue weighted by Gasteiger charge is -2.18. The van der Waals surface area contributed by atoms with Crippen LogP contribution in [-0.4, -0.2) is 27.5 Å². The zero-order chi connectivity index (χ0) is 16.9. The highest BCUT2D eigenvalue weighted by Gasteiger charge is 2.15. The molecule has 120 valence electrons. The second kappa shape index (κ2) is 7.37. The number of benzene rings is 1. The van der Waals surface area contributed by atoms with Gasteiger partial charge >= 0.3 is 0 Å². The van der Waals surface area contributed by atoms with Gasteiger partial charge in [-0.3, -0.25) is 14.9 Å². The number of imide groups is 1. The highest BCUT2D eigenvalue weighted by atomic mass is 32.2. The predicted octanol–water partition coefficient (Wildman–Crippen LogP) is 2.82. The molecule has 0 atom stereocenters. The second-order valence-electron chi connectivity index (χ2n) is 6.02. The van der Waals surface area contributed by atoms with E-state index in [2.05, 4.69) is 36.1 Å². The van der Waals surface area contributed by atoms with E-state index in [9.17, 15) is 9.59 Å². The first-order valence-electron chi connectivity index (χ1n) is 7.21. The molecular formula is C17H19N3O2S. The fourth-order valence-electron chi connectivity index (χ4n) is 1.85. The van der Waals surface area contributed by atoms with Crippen molar-refractivity contribution in [2.24, 2.45) is 0 Å². The molecule has 2 rings (SSSR count).